The molecule has 3 heterocycles. The number of para-hydroxylation sites is 1. The second-order valence-corrected chi connectivity index (χ2v) is 5.53. The third-order valence-electron chi connectivity index (χ3n) is 4.20. The molecule has 0 atom stereocenters. The molecule has 0 saturated heterocycles. The predicted molar refractivity (Wildman–Crippen MR) is 86.8 cm³/mol. The van der Waals surface area contributed by atoms with Crippen LogP contribution in [0.4, 0.5) is 0 Å². The highest BCUT2D eigenvalue weighted by Crippen LogP contribution is 2.42. The maximum atomic E-state index is 5.89. The Bertz CT molecular complexity index is 1070. The molecule has 0 bridgehead atoms. The van der Waals surface area contributed by atoms with E-state index in [1.165, 1.54) is 0 Å². The summed E-state index contributed by atoms with van der Waals surface area (Å²) in [7, 11) is 1.65. The second-order valence-electron chi connectivity index (χ2n) is 5.53. The molecule has 0 spiro atoms. The molecule has 5 heteroatoms. The molecule has 5 nitrogen and oxygen atoms in total. The van der Waals surface area contributed by atoms with Crippen molar-refractivity contribution in [1.29, 1.82) is 0 Å². The Balaban J connectivity index is 1.85. The Labute approximate surface area is 132 Å². The average molecular weight is 303 g/mol. The first kappa shape index (κ1) is 12.5. The number of ether oxygens (including phenoxy) is 2. The van der Waals surface area contributed by atoms with Gasteiger partial charge >= 0.3 is 0 Å². The molecule has 0 fully saturated rings. The van der Waals surface area contributed by atoms with Crippen molar-refractivity contribution in [3.8, 4) is 22.8 Å². The summed E-state index contributed by atoms with van der Waals surface area (Å²) in [5, 5.41) is 5.63. The van der Waals surface area contributed by atoms with E-state index in [0.717, 1.165) is 44.9 Å². The van der Waals surface area contributed by atoms with Gasteiger partial charge in [-0.25, -0.2) is 9.50 Å². The quantitative estimate of drug-likeness (QED) is 0.540. The Morgan fingerprint density at radius 1 is 1.13 bits per heavy atom. The van der Waals surface area contributed by atoms with Crippen LogP contribution in [0.15, 0.2) is 48.7 Å². The molecule has 1 aliphatic heterocycles. The highest BCUT2D eigenvalue weighted by Gasteiger charge is 2.23. The zero-order chi connectivity index (χ0) is 15.4. The summed E-state index contributed by atoms with van der Waals surface area (Å²) in [4.78, 5) is 4.89. The Hall–Kier alpha value is -3.08. The molecule has 0 aliphatic carbocycles. The maximum Gasteiger partial charge on any atom is 0.171 e. The van der Waals surface area contributed by atoms with Crippen LogP contribution in [0.1, 0.15) is 5.56 Å². The van der Waals surface area contributed by atoms with Gasteiger partial charge in [0, 0.05) is 22.7 Å². The number of fused-ring (bicyclic) bond motifs is 6. The lowest BCUT2D eigenvalue weighted by atomic mass is 10.0. The van der Waals surface area contributed by atoms with Crippen molar-refractivity contribution in [3.63, 3.8) is 0 Å². The molecule has 2 aromatic heterocycles. The minimum absolute atomic E-state index is 0.460. The molecule has 4 aromatic rings. The molecule has 0 N–H and O–H groups in total. The fraction of sp³-hybridized carbons (Fsp3) is 0.111. The van der Waals surface area contributed by atoms with E-state index >= 15 is 0 Å². The smallest absolute Gasteiger partial charge is 0.171 e. The van der Waals surface area contributed by atoms with Crippen LogP contribution in [0.5, 0.6) is 11.5 Å². The van der Waals surface area contributed by atoms with Crippen molar-refractivity contribution in [2.24, 2.45) is 0 Å². The largest absolute Gasteiger partial charge is 0.493 e. The number of rotatable bonds is 1. The van der Waals surface area contributed by atoms with Crippen molar-refractivity contribution in [1.82, 2.24) is 14.6 Å². The van der Waals surface area contributed by atoms with Crippen LogP contribution in [-0.4, -0.2) is 21.7 Å². The zero-order valence-corrected chi connectivity index (χ0v) is 12.5. The van der Waals surface area contributed by atoms with Gasteiger partial charge in [-0.1, -0.05) is 18.2 Å². The van der Waals surface area contributed by atoms with Gasteiger partial charge in [-0.05, 0) is 24.3 Å². The molecule has 112 valence electrons. The Morgan fingerprint density at radius 2 is 2.04 bits per heavy atom. The molecule has 23 heavy (non-hydrogen) atoms. The number of aromatic nitrogens is 3. The zero-order valence-electron chi connectivity index (χ0n) is 12.5. The van der Waals surface area contributed by atoms with Gasteiger partial charge in [0.05, 0.1) is 18.3 Å². The van der Waals surface area contributed by atoms with E-state index in [2.05, 4.69) is 5.10 Å². The summed E-state index contributed by atoms with van der Waals surface area (Å²) >= 11 is 0. The minimum atomic E-state index is 0.460. The van der Waals surface area contributed by atoms with E-state index in [1.807, 2.05) is 53.2 Å². The van der Waals surface area contributed by atoms with Crippen LogP contribution in [0, 0.1) is 0 Å². The number of hydrogen-bond donors (Lipinski definition) is 0. The first-order chi connectivity index (χ1) is 11.3. The Kier molecular flexibility index (Phi) is 2.42. The lowest BCUT2D eigenvalue weighted by Gasteiger charge is -2.21. The lowest BCUT2D eigenvalue weighted by molar-refractivity contribution is 0.280. The van der Waals surface area contributed by atoms with Gasteiger partial charge in [0.25, 0.3) is 0 Å². The summed E-state index contributed by atoms with van der Waals surface area (Å²) in [6.07, 6.45) is 2.00. The molecular formula is C18H13N3O2. The van der Waals surface area contributed by atoms with Crippen molar-refractivity contribution in [3.05, 3.63) is 54.2 Å². The maximum absolute atomic E-state index is 5.89. The molecular weight excluding hydrogens is 290 g/mol. The fourth-order valence-electron chi connectivity index (χ4n) is 3.13. The van der Waals surface area contributed by atoms with Crippen LogP contribution in [-0.2, 0) is 6.61 Å². The standard InChI is InChI=1S/C18H13N3O2/c1-22-15-8-4-6-13-16-11(10-23-17(13)15)9-21-18(19-16)12-5-2-3-7-14(12)20-21/h2-9H,10H2,1H3. The van der Waals surface area contributed by atoms with E-state index in [1.54, 1.807) is 7.11 Å². The molecule has 0 amide bonds. The molecule has 0 saturated carbocycles. The fourth-order valence-corrected chi connectivity index (χ4v) is 3.13. The number of methoxy groups -OCH3 is 1. The van der Waals surface area contributed by atoms with Gasteiger partial charge in [0.15, 0.2) is 17.1 Å². The normalized spacial score (nSPS) is 12.7. The summed E-state index contributed by atoms with van der Waals surface area (Å²) < 4.78 is 13.1. The van der Waals surface area contributed by atoms with E-state index in [9.17, 15) is 0 Å². The van der Waals surface area contributed by atoms with Crippen LogP contribution in [0.3, 0.4) is 0 Å². The van der Waals surface area contributed by atoms with Gasteiger partial charge in [-0.15, -0.1) is 0 Å². The summed E-state index contributed by atoms with van der Waals surface area (Å²) in [5.41, 5.74) is 4.71. The predicted octanol–water partition coefficient (Wildman–Crippen LogP) is 3.45. The number of nitrogens with zero attached hydrogens (tertiary/aromatic N) is 3. The third kappa shape index (κ3) is 1.67. The molecule has 2 aromatic carbocycles. The Morgan fingerprint density at radius 3 is 2.96 bits per heavy atom. The van der Waals surface area contributed by atoms with E-state index in [0.29, 0.717) is 6.61 Å². The van der Waals surface area contributed by atoms with Crippen molar-refractivity contribution >= 4 is 16.6 Å². The third-order valence-corrected chi connectivity index (χ3v) is 4.20. The summed E-state index contributed by atoms with van der Waals surface area (Å²) in [6.45, 7) is 0.460. The van der Waals surface area contributed by atoms with Crippen LogP contribution >= 0.6 is 0 Å². The van der Waals surface area contributed by atoms with E-state index < -0.39 is 0 Å². The molecule has 5 rings (SSSR count). The van der Waals surface area contributed by atoms with Crippen LogP contribution in [0.25, 0.3) is 27.8 Å². The first-order valence-corrected chi connectivity index (χ1v) is 7.42. The molecule has 0 radical (unpaired) electrons. The molecule has 0 unspecified atom stereocenters. The van der Waals surface area contributed by atoms with Gasteiger partial charge < -0.3 is 9.47 Å². The van der Waals surface area contributed by atoms with E-state index in [4.69, 9.17) is 14.5 Å². The van der Waals surface area contributed by atoms with Gasteiger partial charge in [0.2, 0.25) is 0 Å². The SMILES string of the molecule is COc1cccc2c1OCc1cn3nc4ccccc4c3nc1-2. The van der Waals surface area contributed by atoms with Crippen LogP contribution in [0.2, 0.25) is 0 Å². The highest BCUT2D eigenvalue weighted by molar-refractivity contribution is 5.93. The first-order valence-electron chi connectivity index (χ1n) is 7.42. The molecule has 1 aliphatic rings. The van der Waals surface area contributed by atoms with Gasteiger partial charge in [-0.3, -0.25) is 0 Å². The number of hydrogen-bond acceptors (Lipinski definition) is 4. The monoisotopic (exact) mass is 303 g/mol. The van der Waals surface area contributed by atoms with Gasteiger partial charge in [0.1, 0.15) is 6.61 Å². The average Bonchev–Trinajstić information content (AvgIpc) is 2.96. The minimum Gasteiger partial charge on any atom is -0.493 e. The van der Waals surface area contributed by atoms with Crippen molar-refractivity contribution in [2.45, 2.75) is 6.61 Å². The van der Waals surface area contributed by atoms with Crippen LogP contribution < -0.4 is 9.47 Å². The topological polar surface area (TPSA) is 48.7 Å². The van der Waals surface area contributed by atoms with Gasteiger partial charge in [-0.2, -0.15) is 5.10 Å². The van der Waals surface area contributed by atoms with E-state index in [-0.39, 0.29) is 0 Å². The lowest BCUT2D eigenvalue weighted by Crippen LogP contribution is -2.10. The summed E-state index contributed by atoms with van der Waals surface area (Å²) in [5.74, 6) is 1.48. The van der Waals surface area contributed by atoms with Crippen molar-refractivity contribution in [2.75, 3.05) is 7.11 Å². The number of benzene rings is 2. The van der Waals surface area contributed by atoms with Crippen molar-refractivity contribution < 1.29 is 9.47 Å². The second kappa shape index (κ2) is 4.46. The summed E-state index contributed by atoms with van der Waals surface area (Å²) in [6, 6.07) is 13.9. The highest BCUT2D eigenvalue weighted by atomic mass is 16.5.